The molecule has 140 valence electrons. The van der Waals surface area contributed by atoms with E-state index < -0.39 is 0 Å². The lowest BCUT2D eigenvalue weighted by atomic mass is 9.97. The third-order valence-electron chi connectivity index (χ3n) is 4.98. The van der Waals surface area contributed by atoms with Crippen LogP contribution in [0.25, 0.3) is 10.9 Å². The average Bonchev–Trinajstić information content (AvgIpc) is 2.75. The minimum absolute atomic E-state index is 0.792. The fraction of sp³-hybridized carbons (Fsp3) is 0.160. The largest absolute Gasteiger partial charge is 0.497 e. The number of rotatable bonds is 6. The van der Waals surface area contributed by atoms with Gasteiger partial charge in [-0.2, -0.15) is 0 Å². The molecule has 0 aliphatic rings. The summed E-state index contributed by atoms with van der Waals surface area (Å²) < 4.78 is 10.5. The molecule has 0 saturated carbocycles. The number of methoxy groups -OCH3 is 2. The quantitative estimate of drug-likeness (QED) is 0.454. The van der Waals surface area contributed by atoms with E-state index >= 15 is 0 Å². The highest BCUT2D eigenvalue weighted by Gasteiger charge is 2.10. The number of fused-ring (bicyclic) bond motifs is 1. The highest BCUT2D eigenvalue weighted by atomic mass is 16.5. The molecule has 0 bridgehead atoms. The molecule has 0 amide bonds. The first-order valence-corrected chi connectivity index (χ1v) is 9.38. The van der Waals surface area contributed by atoms with Crippen molar-refractivity contribution in [1.82, 2.24) is 4.98 Å². The summed E-state index contributed by atoms with van der Waals surface area (Å²) in [6.07, 6.45) is 1.63. The second kappa shape index (κ2) is 8.13. The van der Waals surface area contributed by atoms with Gasteiger partial charge in [0.2, 0.25) is 0 Å². The molecule has 0 radical (unpaired) electrons. The smallest absolute Gasteiger partial charge is 0.118 e. The standard InChI is InChI=1S/C25H23NO2/c1-27-22-11-7-18(8-12-22)15-21-17-20-5-3-4-6-24(20)26-25(21)16-19-9-13-23(28-2)14-10-19/h3-14,17H,15-16H2,1-2H3. The topological polar surface area (TPSA) is 31.4 Å². The van der Waals surface area contributed by atoms with Crippen LogP contribution in [-0.4, -0.2) is 19.2 Å². The Labute approximate surface area is 165 Å². The number of hydrogen-bond acceptors (Lipinski definition) is 3. The maximum absolute atomic E-state index is 5.28. The molecule has 4 rings (SSSR count). The van der Waals surface area contributed by atoms with E-state index in [2.05, 4.69) is 48.5 Å². The molecular formula is C25H23NO2. The van der Waals surface area contributed by atoms with Gasteiger partial charge in [-0.05, 0) is 59.5 Å². The van der Waals surface area contributed by atoms with Crippen LogP contribution in [-0.2, 0) is 12.8 Å². The Kier molecular flexibility index (Phi) is 5.24. The number of nitrogens with zero attached hydrogens (tertiary/aromatic N) is 1. The van der Waals surface area contributed by atoms with Crippen molar-refractivity contribution in [2.24, 2.45) is 0 Å². The summed E-state index contributed by atoms with van der Waals surface area (Å²) in [5, 5.41) is 1.17. The normalized spacial score (nSPS) is 10.8. The molecule has 0 unspecified atom stereocenters. The molecule has 3 nitrogen and oxygen atoms in total. The highest BCUT2D eigenvalue weighted by Crippen LogP contribution is 2.23. The maximum atomic E-state index is 5.28. The predicted octanol–water partition coefficient (Wildman–Crippen LogP) is 5.43. The lowest BCUT2D eigenvalue weighted by Crippen LogP contribution is -2.01. The Morgan fingerprint density at radius 2 is 1.25 bits per heavy atom. The Hall–Kier alpha value is -3.33. The Morgan fingerprint density at radius 3 is 1.86 bits per heavy atom. The lowest BCUT2D eigenvalue weighted by Gasteiger charge is -2.12. The van der Waals surface area contributed by atoms with Crippen molar-refractivity contribution in [2.45, 2.75) is 12.8 Å². The highest BCUT2D eigenvalue weighted by molar-refractivity contribution is 5.79. The van der Waals surface area contributed by atoms with E-state index in [9.17, 15) is 0 Å². The van der Waals surface area contributed by atoms with Gasteiger partial charge in [-0.15, -0.1) is 0 Å². The van der Waals surface area contributed by atoms with Gasteiger partial charge in [-0.25, -0.2) is 0 Å². The molecule has 0 spiro atoms. The average molecular weight is 369 g/mol. The Morgan fingerprint density at radius 1 is 0.679 bits per heavy atom. The van der Waals surface area contributed by atoms with Gasteiger partial charge in [-0.3, -0.25) is 4.98 Å². The number of hydrogen-bond donors (Lipinski definition) is 0. The van der Waals surface area contributed by atoms with Gasteiger partial charge < -0.3 is 9.47 Å². The monoisotopic (exact) mass is 369 g/mol. The van der Waals surface area contributed by atoms with Crippen LogP contribution in [0.3, 0.4) is 0 Å². The SMILES string of the molecule is COc1ccc(Cc2cc3ccccc3nc2Cc2ccc(OC)cc2)cc1. The number of benzene rings is 3. The predicted molar refractivity (Wildman–Crippen MR) is 113 cm³/mol. The molecule has 0 fully saturated rings. The van der Waals surface area contributed by atoms with Crippen LogP contribution in [0.5, 0.6) is 11.5 Å². The van der Waals surface area contributed by atoms with E-state index in [-0.39, 0.29) is 0 Å². The first-order chi connectivity index (χ1) is 13.7. The summed E-state index contributed by atoms with van der Waals surface area (Å²) in [4.78, 5) is 4.99. The van der Waals surface area contributed by atoms with Crippen LogP contribution in [0.4, 0.5) is 0 Å². The molecule has 0 aliphatic carbocycles. The van der Waals surface area contributed by atoms with E-state index in [1.165, 1.54) is 22.1 Å². The second-order valence-electron chi connectivity index (χ2n) is 6.84. The zero-order chi connectivity index (χ0) is 19.3. The third-order valence-corrected chi connectivity index (χ3v) is 4.98. The molecule has 1 aromatic heterocycles. The van der Waals surface area contributed by atoms with E-state index in [0.29, 0.717) is 0 Å². The van der Waals surface area contributed by atoms with Crippen molar-refractivity contribution in [3.8, 4) is 11.5 Å². The van der Waals surface area contributed by atoms with E-state index in [1.54, 1.807) is 14.2 Å². The summed E-state index contributed by atoms with van der Waals surface area (Å²) in [5.41, 5.74) is 5.86. The van der Waals surface area contributed by atoms with Gasteiger partial charge in [0.1, 0.15) is 11.5 Å². The van der Waals surface area contributed by atoms with Crippen LogP contribution >= 0.6 is 0 Å². The molecule has 0 saturated heterocycles. The van der Waals surface area contributed by atoms with Gasteiger partial charge >= 0.3 is 0 Å². The van der Waals surface area contributed by atoms with E-state index in [1.807, 2.05) is 30.3 Å². The fourth-order valence-electron chi connectivity index (χ4n) is 3.41. The van der Waals surface area contributed by atoms with E-state index in [0.717, 1.165) is 35.6 Å². The first kappa shape index (κ1) is 18.1. The maximum Gasteiger partial charge on any atom is 0.118 e. The molecule has 0 N–H and O–H groups in total. The minimum atomic E-state index is 0.792. The van der Waals surface area contributed by atoms with Crippen molar-refractivity contribution < 1.29 is 9.47 Å². The van der Waals surface area contributed by atoms with Crippen molar-refractivity contribution >= 4 is 10.9 Å². The van der Waals surface area contributed by atoms with Crippen LogP contribution in [0.1, 0.15) is 22.4 Å². The van der Waals surface area contributed by atoms with Crippen LogP contribution < -0.4 is 9.47 Å². The Balaban J connectivity index is 1.70. The molecule has 0 aliphatic heterocycles. The summed E-state index contributed by atoms with van der Waals surface area (Å²) in [6.45, 7) is 0. The summed E-state index contributed by atoms with van der Waals surface area (Å²) in [6, 6.07) is 27.0. The van der Waals surface area contributed by atoms with Crippen LogP contribution in [0.15, 0.2) is 78.9 Å². The minimum Gasteiger partial charge on any atom is -0.497 e. The molecule has 0 atom stereocenters. The van der Waals surface area contributed by atoms with E-state index in [4.69, 9.17) is 14.5 Å². The molecule has 1 heterocycles. The number of aromatic nitrogens is 1. The number of ether oxygens (including phenoxy) is 2. The molecular weight excluding hydrogens is 346 g/mol. The number of para-hydroxylation sites is 1. The van der Waals surface area contributed by atoms with Crippen molar-refractivity contribution in [2.75, 3.05) is 14.2 Å². The zero-order valence-corrected chi connectivity index (χ0v) is 16.2. The molecule has 3 heteroatoms. The van der Waals surface area contributed by atoms with Gasteiger partial charge in [-0.1, -0.05) is 42.5 Å². The lowest BCUT2D eigenvalue weighted by molar-refractivity contribution is 0.414. The van der Waals surface area contributed by atoms with Crippen molar-refractivity contribution in [1.29, 1.82) is 0 Å². The number of pyridine rings is 1. The third kappa shape index (κ3) is 3.99. The van der Waals surface area contributed by atoms with Gasteiger partial charge in [0.25, 0.3) is 0 Å². The van der Waals surface area contributed by atoms with Crippen LogP contribution in [0, 0.1) is 0 Å². The van der Waals surface area contributed by atoms with Gasteiger partial charge in [0.05, 0.1) is 19.7 Å². The summed E-state index contributed by atoms with van der Waals surface area (Å²) >= 11 is 0. The Bertz CT molecular complexity index is 982. The van der Waals surface area contributed by atoms with Crippen molar-refractivity contribution in [3.05, 3.63) is 101 Å². The van der Waals surface area contributed by atoms with Gasteiger partial charge in [0, 0.05) is 17.5 Å². The molecule has 3 aromatic carbocycles. The van der Waals surface area contributed by atoms with Crippen LogP contribution in [0.2, 0.25) is 0 Å². The second-order valence-corrected chi connectivity index (χ2v) is 6.84. The zero-order valence-electron chi connectivity index (χ0n) is 16.2. The molecule has 28 heavy (non-hydrogen) atoms. The molecule has 4 aromatic rings. The summed E-state index contributed by atoms with van der Waals surface area (Å²) in [7, 11) is 3.38. The van der Waals surface area contributed by atoms with Crippen molar-refractivity contribution in [3.63, 3.8) is 0 Å². The summed E-state index contributed by atoms with van der Waals surface area (Å²) in [5.74, 6) is 1.74. The first-order valence-electron chi connectivity index (χ1n) is 9.38. The fourth-order valence-corrected chi connectivity index (χ4v) is 3.41. The van der Waals surface area contributed by atoms with Gasteiger partial charge in [0.15, 0.2) is 0 Å².